The summed E-state index contributed by atoms with van der Waals surface area (Å²) in [5, 5.41) is 4.57. The standard InChI is InChI=1S/C22H30S3/c1-2-3-4-5-6-7-8-9-14-22(20-13-11-17-24-20)15-18-25-21(22)19-12-10-16-23-19/h10-13,15,17-18H,2-9,14,16H2,1H3. The SMILES string of the molecule is CCCCCCCCCCC1(c2cccs2)C=CSC1=C1C=CCS1. The summed E-state index contributed by atoms with van der Waals surface area (Å²) in [5.41, 5.74) is 0.151. The summed E-state index contributed by atoms with van der Waals surface area (Å²) in [7, 11) is 0. The zero-order valence-electron chi connectivity index (χ0n) is 15.3. The molecular weight excluding hydrogens is 360 g/mol. The van der Waals surface area contributed by atoms with Crippen molar-refractivity contribution in [3.05, 3.63) is 55.8 Å². The van der Waals surface area contributed by atoms with Crippen LogP contribution in [-0.4, -0.2) is 5.75 Å². The van der Waals surface area contributed by atoms with Crippen LogP contribution in [0.2, 0.25) is 0 Å². The van der Waals surface area contributed by atoms with E-state index in [1.165, 1.54) is 67.6 Å². The van der Waals surface area contributed by atoms with Crippen molar-refractivity contribution in [3.63, 3.8) is 0 Å². The van der Waals surface area contributed by atoms with Crippen molar-refractivity contribution in [3.8, 4) is 0 Å². The van der Waals surface area contributed by atoms with Gasteiger partial charge in [0.05, 0.1) is 5.41 Å². The number of rotatable bonds is 10. The normalized spacial score (nSPS) is 25.3. The third-order valence-corrected chi connectivity index (χ3v) is 8.44. The molecular formula is C22H30S3. The molecule has 0 nitrogen and oxygen atoms in total. The molecule has 3 rings (SSSR count). The Morgan fingerprint density at radius 3 is 2.52 bits per heavy atom. The lowest BCUT2D eigenvalue weighted by Gasteiger charge is -2.29. The van der Waals surface area contributed by atoms with Crippen LogP contribution in [0.15, 0.2) is 51.0 Å². The number of unbranched alkanes of at least 4 members (excludes halogenated alkanes) is 7. The lowest BCUT2D eigenvalue weighted by molar-refractivity contribution is 0.517. The minimum absolute atomic E-state index is 0.151. The van der Waals surface area contributed by atoms with Gasteiger partial charge in [0, 0.05) is 20.4 Å². The first-order valence-electron chi connectivity index (χ1n) is 9.79. The molecule has 3 heteroatoms. The Bertz CT molecular complexity index is 609. The first-order chi connectivity index (χ1) is 12.4. The van der Waals surface area contributed by atoms with E-state index in [-0.39, 0.29) is 5.41 Å². The minimum Gasteiger partial charge on any atom is -0.148 e. The highest BCUT2D eigenvalue weighted by molar-refractivity contribution is 8.08. The molecule has 136 valence electrons. The molecule has 25 heavy (non-hydrogen) atoms. The van der Waals surface area contributed by atoms with Crippen LogP contribution < -0.4 is 0 Å². The van der Waals surface area contributed by atoms with Gasteiger partial charge in [0.2, 0.25) is 0 Å². The average molecular weight is 391 g/mol. The molecule has 1 aromatic rings. The summed E-state index contributed by atoms with van der Waals surface area (Å²) >= 11 is 5.89. The Kier molecular flexibility index (Phi) is 7.82. The van der Waals surface area contributed by atoms with Gasteiger partial charge in [0.15, 0.2) is 0 Å². The molecule has 3 heterocycles. The third-order valence-electron chi connectivity index (χ3n) is 5.16. The second kappa shape index (κ2) is 10.1. The number of hydrogen-bond acceptors (Lipinski definition) is 3. The third kappa shape index (κ3) is 4.87. The summed E-state index contributed by atoms with van der Waals surface area (Å²) in [6.07, 6.45) is 19.5. The lowest BCUT2D eigenvalue weighted by atomic mass is 9.80. The monoisotopic (exact) mass is 390 g/mol. The van der Waals surface area contributed by atoms with Crippen molar-refractivity contribution in [2.75, 3.05) is 5.75 Å². The molecule has 0 fully saturated rings. The molecule has 0 radical (unpaired) electrons. The second-order valence-corrected chi connectivity index (χ2v) is 9.93. The molecule has 0 saturated heterocycles. The fraction of sp³-hybridized carbons (Fsp3) is 0.545. The van der Waals surface area contributed by atoms with Gasteiger partial charge in [-0.3, -0.25) is 0 Å². The van der Waals surface area contributed by atoms with Crippen LogP contribution in [0.25, 0.3) is 0 Å². The van der Waals surface area contributed by atoms with Crippen molar-refractivity contribution in [2.24, 2.45) is 0 Å². The van der Waals surface area contributed by atoms with Crippen molar-refractivity contribution < 1.29 is 0 Å². The van der Waals surface area contributed by atoms with Crippen LogP contribution in [-0.2, 0) is 5.41 Å². The second-order valence-electron chi connectivity index (χ2n) is 7.00. The van der Waals surface area contributed by atoms with E-state index in [2.05, 4.69) is 48.1 Å². The number of hydrogen-bond donors (Lipinski definition) is 0. The topological polar surface area (TPSA) is 0 Å². The van der Waals surface area contributed by atoms with E-state index in [0.29, 0.717) is 0 Å². The number of thiophene rings is 1. The van der Waals surface area contributed by atoms with E-state index in [1.54, 1.807) is 4.91 Å². The van der Waals surface area contributed by atoms with Gasteiger partial charge in [-0.05, 0) is 23.3 Å². The van der Waals surface area contributed by atoms with E-state index in [0.717, 1.165) is 5.75 Å². The van der Waals surface area contributed by atoms with Gasteiger partial charge in [0.1, 0.15) is 0 Å². The number of allylic oxidation sites excluding steroid dienone is 3. The van der Waals surface area contributed by atoms with Crippen molar-refractivity contribution in [2.45, 2.75) is 70.1 Å². The Hall–Kier alpha value is -0.380. The van der Waals surface area contributed by atoms with Gasteiger partial charge < -0.3 is 0 Å². The molecule has 2 aliphatic rings. The van der Waals surface area contributed by atoms with Crippen molar-refractivity contribution >= 4 is 34.9 Å². The van der Waals surface area contributed by atoms with E-state index in [1.807, 2.05) is 34.9 Å². The van der Waals surface area contributed by atoms with Crippen molar-refractivity contribution in [1.29, 1.82) is 0 Å². The maximum atomic E-state index is 2.49. The van der Waals surface area contributed by atoms with E-state index in [4.69, 9.17) is 0 Å². The summed E-state index contributed by atoms with van der Waals surface area (Å²) in [4.78, 5) is 4.61. The number of thioether (sulfide) groups is 2. The molecule has 0 aromatic carbocycles. The molecule has 0 bridgehead atoms. The molecule has 0 aliphatic carbocycles. The lowest BCUT2D eigenvalue weighted by Crippen LogP contribution is -2.22. The molecule has 0 amide bonds. The first kappa shape index (κ1) is 19.4. The highest BCUT2D eigenvalue weighted by Crippen LogP contribution is 2.54. The fourth-order valence-electron chi connectivity index (χ4n) is 3.74. The van der Waals surface area contributed by atoms with Gasteiger partial charge in [0.25, 0.3) is 0 Å². The van der Waals surface area contributed by atoms with Gasteiger partial charge in [-0.1, -0.05) is 82.6 Å². The summed E-state index contributed by atoms with van der Waals surface area (Å²) in [6, 6.07) is 4.56. The Balaban J connectivity index is 1.61. The van der Waals surface area contributed by atoms with E-state index >= 15 is 0 Å². The minimum atomic E-state index is 0.151. The summed E-state index contributed by atoms with van der Waals surface area (Å²) in [6.45, 7) is 2.29. The van der Waals surface area contributed by atoms with Crippen LogP contribution in [0.1, 0.15) is 69.6 Å². The highest BCUT2D eigenvalue weighted by Gasteiger charge is 2.39. The van der Waals surface area contributed by atoms with E-state index < -0.39 is 0 Å². The van der Waals surface area contributed by atoms with Crippen LogP contribution in [0.4, 0.5) is 0 Å². The average Bonchev–Trinajstić information content (AvgIpc) is 3.38. The van der Waals surface area contributed by atoms with Crippen LogP contribution in [0, 0.1) is 0 Å². The van der Waals surface area contributed by atoms with Gasteiger partial charge in [-0.25, -0.2) is 0 Å². The summed E-state index contributed by atoms with van der Waals surface area (Å²) < 4.78 is 0. The smallest absolute Gasteiger partial charge is 0.0557 e. The highest BCUT2D eigenvalue weighted by atomic mass is 32.2. The van der Waals surface area contributed by atoms with Crippen LogP contribution in [0.5, 0.6) is 0 Å². The van der Waals surface area contributed by atoms with Gasteiger partial charge >= 0.3 is 0 Å². The van der Waals surface area contributed by atoms with Gasteiger partial charge in [-0.2, -0.15) is 0 Å². The Labute approximate surface area is 166 Å². The fourth-order valence-corrected chi connectivity index (χ4v) is 7.06. The Morgan fingerprint density at radius 1 is 1.04 bits per heavy atom. The molecule has 2 aliphatic heterocycles. The molecule has 1 unspecified atom stereocenters. The molecule has 1 atom stereocenters. The first-order valence-corrected chi connectivity index (χ1v) is 12.5. The predicted molar refractivity (Wildman–Crippen MR) is 119 cm³/mol. The maximum Gasteiger partial charge on any atom is 0.0557 e. The van der Waals surface area contributed by atoms with Gasteiger partial charge in [-0.15, -0.1) is 34.9 Å². The molecule has 0 saturated carbocycles. The Morgan fingerprint density at radius 2 is 1.84 bits per heavy atom. The predicted octanol–water partition coefficient (Wildman–Crippen LogP) is 8.29. The largest absolute Gasteiger partial charge is 0.148 e. The van der Waals surface area contributed by atoms with Crippen LogP contribution >= 0.6 is 34.9 Å². The zero-order chi connectivity index (χ0) is 17.4. The van der Waals surface area contributed by atoms with Crippen molar-refractivity contribution in [1.82, 2.24) is 0 Å². The van der Waals surface area contributed by atoms with E-state index in [9.17, 15) is 0 Å². The maximum absolute atomic E-state index is 2.49. The summed E-state index contributed by atoms with van der Waals surface area (Å²) in [5.74, 6) is 1.14. The molecule has 0 spiro atoms. The molecule has 1 aromatic heterocycles. The zero-order valence-corrected chi connectivity index (χ0v) is 17.8. The quantitative estimate of drug-likeness (QED) is 0.368. The molecule has 0 N–H and O–H groups in total. The van der Waals surface area contributed by atoms with Crippen LogP contribution in [0.3, 0.4) is 0 Å².